The van der Waals surface area contributed by atoms with Crippen LogP contribution in [0.15, 0.2) is 83.5 Å². The molecule has 0 fully saturated rings. The van der Waals surface area contributed by atoms with E-state index >= 15 is 0 Å². The van der Waals surface area contributed by atoms with Gasteiger partial charge in [-0.3, -0.25) is 15.0 Å². The predicted molar refractivity (Wildman–Crippen MR) is 111 cm³/mol. The number of benzene rings is 3. The van der Waals surface area contributed by atoms with E-state index in [2.05, 4.69) is 38.7 Å². The fourth-order valence-corrected chi connectivity index (χ4v) is 2.88. The fraction of sp³-hybridized carbons (Fsp3) is 0.0476. The summed E-state index contributed by atoms with van der Waals surface area (Å²) in [7, 11) is 0. The van der Waals surface area contributed by atoms with Crippen LogP contribution in [-0.4, -0.2) is 11.8 Å². The Kier molecular flexibility index (Phi) is 5.88. The van der Waals surface area contributed by atoms with Crippen LogP contribution in [0.2, 0.25) is 0 Å². The van der Waals surface area contributed by atoms with Crippen LogP contribution in [0.1, 0.15) is 16.8 Å². The number of hydrogen-bond donors (Lipinski definition) is 3. The first-order chi connectivity index (χ1) is 13.0. The van der Waals surface area contributed by atoms with E-state index in [-0.39, 0.29) is 18.2 Å². The minimum Gasteiger partial charge on any atom is -0.326 e. The first-order valence-corrected chi connectivity index (χ1v) is 9.09. The van der Waals surface area contributed by atoms with Crippen LogP contribution in [0.25, 0.3) is 10.8 Å². The van der Waals surface area contributed by atoms with E-state index in [1.165, 1.54) is 0 Å². The van der Waals surface area contributed by atoms with E-state index in [1.807, 2.05) is 48.5 Å². The second-order valence-electron chi connectivity index (χ2n) is 5.94. The lowest BCUT2D eigenvalue weighted by Crippen LogP contribution is -2.37. The monoisotopic (exact) mass is 423 g/mol. The van der Waals surface area contributed by atoms with Crippen LogP contribution in [0.5, 0.6) is 0 Å². The van der Waals surface area contributed by atoms with Crippen LogP contribution >= 0.6 is 15.9 Å². The second-order valence-corrected chi connectivity index (χ2v) is 6.86. The van der Waals surface area contributed by atoms with Crippen molar-refractivity contribution in [3.8, 4) is 0 Å². The molecule has 3 rings (SSSR count). The summed E-state index contributed by atoms with van der Waals surface area (Å²) >= 11 is 3.34. The van der Waals surface area contributed by atoms with Crippen molar-refractivity contribution in [2.45, 2.75) is 6.42 Å². The number of carbonyl (C=O) groups is 2. The van der Waals surface area contributed by atoms with E-state index in [4.69, 9.17) is 0 Å². The first kappa shape index (κ1) is 18.7. The van der Waals surface area contributed by atoms with E-state index in [0.29, 0.717) is 16.9 Å². The molecule has 27 heavy (non-hydrogen) atoms. The van der Waals surface area contributed by atoms with Crippen molar-refractivity contribution in [1.29, 1.82) is 0 Å². The number of hydrogen-bond acceptors (Lipinski definition) is 3. The van der Waals surface area contributed by atoms with Gasteiger partial charge in [-0.25, -0.2) is 0 Å². The summed E-state index contributed by atoms with van der Waals surface area (Å²) in [6, 6.07) is 20.5. The number of rotatable bonds is 6. The molecule has 0 aliphatic heterocycles. The van der Waals surface area contributed by atoms with Crippen molar-refractivity contribution in [2.24, 2.45) is 0 Å². The number of nitrogens with one attached hydrogen (secondary N) is 3. The standard InChI is InChI=1S/C21H18BrN3O2/c1-14(13-20(26)23-17-11-9-16(22)10-12-17)24-25-21(27)19-8-4-6-15-5-2-3-7-18(15)19/h2-12,24H,1,13H2,(H,23,26)(H,25,27). The second kappa shape index (κ2) is 8.51. The lowest BCUT2D eigenvalue weighted by Gasteiger charge is -2.12. The van der Waals surface area contributed by atoms with Gasteiger partial charge in [0.2, 0.25) is 5.91 Å². The van der Waals surface area contributed by atoms with Crippen molar-refractivity contribution in [1.82, 2.24) is 10.9 Å². The van der Waals surface area contributed by atoms with Crippen LogP contribution in [0.3, 0.4) is 0 Å². The number of hydrazine groups is 1. The Balaban J connectivity index is 1.54. The largest absolute Gasteiger partial charge is 0.326 e. The van der Waals surface area contributed by atoms with Crippen molar-refractivity contribution < 1.29 is 9.59 Å². The van der Waals surface area contributed by atoms with Gasteiger partial charge in [0.15, 0.2) is 0 Å². The maximum absolute atomic E-state index is 12.5. The van der Waals surface area contributed by atoms with Gasteiger partial charge in [-0.05, 0) is 41.1 Å². The van der Waals surface area contributed by atoms with Gasteiger partial charge in [-0.1, -0.05) is 58.9 Å². The van der Waals surface area contributed by atoms with Gasteiger partial charge in [0, 0.05) is 21.4 Å². The molecule has 2 amide bonds. The van der Waals surface area contributed by atoms with Crippen molar-refractivity contribution in [3.05, 3.63) is 89.0 Å². The summed E-state index contributed by atoms with van der Waals surface area (Å²) in [6.45, 7) is 3.78. The molecule has 0 bridgehead atoms. The Morgan fingerprint density at radius 3 is 2.37 bits per heavy atom. The van der Waals surface area contributed by atoms with E-state index in [9.17, 15) is 9.59 Å². The summed E-state index contributed by atoms with van der Waals surface area (Å²) in [5.74, 6) is -0.518. The average Bonchev–Trinajstić information content (AvgIpc) is 2.67. The summed E-state index contributed by atoms with van der Waals surface area (Å²) in [5, 5.41) is 4.61. The maximum atomic E-state index is 12.5. The predicted octanol–water partition coefficient (Wildman–Crippen LogP) is 4.38. The Bertz CT molecular complexity index is 994. The Labute approximate surface area is 165 Å². The average molecular weight is 424 g/mol. The number of halogens is 1. The van der Waals surface area contributed by atoms with Gasteiger partial charge >= 0.3 is 0 Å². The van der Waals surface area contributed by atoms with Gasteiger partial charge < -0.3 is 10.7 Å². The molecular weight excluding hydrogens is 406 g/mol. The van der Waals surface area contributed by atoms with Crippen molar-refractivity contribution in [3.63, 3.8) is 0 Å². The molecule has 0 aliphatic carbocycles. The number of fused-ring (bicyclic) bond motifs is 1. The van der Waals surface area contributed by atoms with Gasteiger partial charge in [-0.2, -0.15) is 0 Å². The molecule has 0 atom stereocenters. The molecule has 5 nitrogen and oxygen atoms in total. The van der Waals surface area contributed by atoms with Crippen LogP contribution in [0.4, 0.5) is 5.69 Å². The maximum Gasteiger partial charge on any atom is 0.270 e. The van der Waals surface area contributed by atoms with Gasteiger partial charge in [-0.15, -0.1) is 0 Å². The number of amides is 2. The van der Waals surface area contributed by atoms with E-state index < -0.39 is 0 Å². The number of carbonyl (C=O) groups excluding carboxylic acids is 2. The molecule has 6 heteroatoms. The van der Waals surface area contributed by atoms with Crippen molar-refractivity contribution >= 4 is 44.2 Å². The summed E-state index contributed by atoms with van der Waals surface area (Å²) in [4.78, 5) is 24.5. The fourth-order valence-electron chi connectivity index (χ4n) is 2.61. The van der Waals surface area contributed by atoms with E-state index in [0.717, 1.165) is 15.2 Å². The highest BCUT2D eigenvalue weighted by atomic mass is 79.9. The van der Waals surface area contributed by atoms with E-state index in [1.54, 1.807) is 18.2 Å². The van der Waals surface area contributed by atoms with Gasteiger partial charge in [0.25, 0.3) is 5.91 Å². The zero-order chi connectivity index (χ0) is 19.2. The summed E-state index contributed by atoms with van der Waals surface area (Å²) in [6.07, 6.45) is 0.0336. The molecule has 136 valence electrons. The molecule has 0 saturated heterocycles. The number of anilines is 1. The molecule has 3 N–H and O–H groups in total. The quantitative estimate of drug-likeness (QED) is 0.515. The lowest BCUT2D eigenvalue weighted by molar-refractivity contribution is -0.115. The normalized spacial score (nSPS) is 10.3. The molecule has 0 radical (unpaired) electrons. The zero-order valence-corrected chi connectivity index (χ0v) is 16.0. The van der Waals surface area contributed by atoms with Crippen LogP contribution in [0, 0.1) is 0 Å². The molecule has 0 unspecified atom stereocenters. The molecule has 3 aromatic carbocycles. The molecule has 0 aliphatic rings. The van der Waals surface area contributed by atoms with Crippen molar-refractivity contribution in [2.75, 3.05) is 5.32 Å². The SMILES string of the molecule is C=C(CC(=O)Nc1ccc(Br)cc1)NNC(=O)c1cccc2ccccc12. The molecule has 0 aromatic heterocycles. The van der Waals surface area contributed by atoms with Crippen LogP contribution in [-0.2, 0) is 4.79 Å². The summed E-state index contributed by atoms with van der Waals surface area (Å²) < 4.78 is 0.933. The lowest BCUT2D eigenvalue weighted by atomic mass is 10.0. The topological polar surface area (TPSA) is 70.2 Å². The van der Waals surface area contributed by atoms with Crippen LogP contribution < -0.4 is 16.2 Å². The molecule has 0 spiro atoms. The van der Waals surface area contributed by atoms with Gasteiger partial charge in [0.1, 0.15) is 0 Å². The highest BCUT2D eigenvalue weighted by Gasteiger charge is 2.10. The smallest absolute Gasteiger partial charge is 0.270 e. The Morgan fingerprint density at radius 1 is 0.889 bits per heavy atom. The highest BCUT2D eigenvalue weighted by molar-refractivity contribution is 9.10. The molecule has 0 heterocycles. The third kappa shape index (κ3) is 4.95. The molecule has 3 aromatic rings. The third-order valence-electron chi connectivity index (χ3n) is 3.89. The Morgan fingerprint density at radius 2 is 1.59 bits per heavy atom. The first-order valence-electron chi connectivity index (χ1n) is 8.30. The Hall–Kier alpha value is -3.12. The minimum atomic E-state index is -0.290. The third-order valence-corrected chi connectivity index (χ3v) is 4.42. The highest BCUT2D eigenvalue weighted by Crippen LogP contribution is 2.18. The minimum absolute atomic E-state index is 0.0336. The molecular formula is C21H18BrN3O2. The molecule has 0 saturated carbocycles. The van der Waals surface area contributed by atoms with Gasteiger partial charge in [0.05, 0.1) is 6.42 Å². The zero-order valence-electron chi connectivity index (χ0n) is 14.5. The summed E-state index contributed by atoms with van der Waals surface area (Å²) in [5.41, 5.74) is 6.93.